The maximum absolute atomic E-state index is 12.4. The molecule has 0 aliphatic carbocycles. The molecular weight excluding hydrogens is 310 g/mol. The summed E-state index contributed by atoms with van der Waals surface area (Å²) in [4.78, 5) is 26.6. The molecule has 0 unspecified atom stereocenters. The standard InChI is InChI=1S/C16H19N5O3/c22-14(13-9-23-11-19-13)21-6-3-16(10-21)8-12(2-7-24-16)20-15-17-4-1-5-18-15/h1,4-5,9,11-12H,2-3,6-8,10H2,(H,17,18,20)/t12-,16+/m1/s1. The first-order chi connectivity index (χ1) is 11.7. The number of nitrogens with zero attached hydrogens (tertiary/aromatic N) is 4. The third-order valence-corrected chi connectivity index (χ3v) is 4.65. The molecule has 8 nitrogen and oxygen atoms in total. The van der Waals surface area contributed by atoms with Crippen molar-refractivity contribution < 1.29 is 13.9 Å². The van der Waals surface area contributed by atoms with E-state index < -0.39 is 0 Å². The summed E-state index contributed by atoms with van der Waals surface area (Å²) in [5, 5.41) is 3.37. The van der Waals surface area contributed by atoms with E-state index in [0.717, 1.165) is 19.3 Å². The van der Waals surface area contributed by atoms with Gasteiger partial charge >= 0.3 is 0 Å². The summed E-state index contributed by atoms with van der Waals surface area (Å²) >= 11 is 0. The fourth-order valence-electron chi connectivity index (χ4n) is 3.49. The largest absolute Gasteiger partial charge is 0.451 e. The van der Waals surface area contributed by atoms with Crippen LogP contribution in [0.1, 0.15) is 29.8 Å². The SMILES string of the molecule is O=C(c1cocn1)N1CC[C@]2(C[C@H](Nc3ncccn3)CCO2)C1. The molecule has 1 spiro atoms. The van der Waals surface area contributed by atoms with E-state index in [9.17, 15) is 4.79 Å². The summed E-state index contributed by atoms with van der Waals surface area (Å²) in [5.41, 5.74) is 0.0413. The molecular formula is C16H19N5O3. The Balaban J connectivity index is 1.41. The van der Waals surface area contributed by atoms with Crippen LogP contribution in [0.2, 0.25) is 0 Å². The first-order valence-electron chi connectivity index (χ1n) is 8.09. The Hall–Kier alpha value is -2.48. The number of hydrogen-bond donors (Lipinski definition) is 1. The van der Waals surface area contributed by atoms with Gasteiger partial charge in [0.1, 0.15) is 6.26 Å². The Morgan fingerprint density at radius 3 is 3.00 bits per heavy atom. The number of carbonyl (C=O) groups is 1. The average Bonchev–Trinajstić information content (AvgIpc) is 3.26. The van der Waals surface area contributed by atoms with Gasteiger partial charge in [-0.05, 0) is 25.3 Å². The van der Waals surface area contributed by atoms with E-state index in [1.807, 2.05) is 0 Å². The quantitative estimate of drug-likeness (QED) is 0.908. The van der Waals surface area contributed by atoms with Crippen LogP contribution in [0.5, 0.6) is 0 Å². The molecule has 2 atom stereocenters. The van der Waals surface area contributed by atoms with Gasteiger partial charge in [0.05, 0.1) is 12.1 Å². The van der Waals surface area contributed by atoms with Crippen molar-refractivity contribution in [3.05, 3.63) is 36.8 Å². The summed E-state index contributed by atoms with van der Waals surface area (Å²) in [6, 6.07) is 2.03. The van der Waals surface area contributed by atoms with Gasteiger partial charge in [-0.25, -0.2) is 15.0 Å². The van der Waals surface area contributed by atoms with Crippen LogP contribution < -0.4 is 5.32 Å². The Morgan fingerprint density at radius 1 is 1.33 bits per heavy atom. The zero-order valence-electron chi connectivity index (χ0n) is 13.2. The molecule has 0 saturated carbocycles. The fourth-order valence-corrected chi connectivity index (χ4v) is 3.49. The zero-order valence-corrected chi connectivity index (χ0v) is 13.2. The molecule has 2 aliphatic heterocycles. The lowest BCUT2D eigenvalue weighted by Gasteiger charge is -2.38. The molecule has 1 N–H and O–H groups in total. The number of aromatic nitrogens is 3. The van der Waals surface area contributed by atoms with Crippen LogP contribution in [0.25, 0.3) is 0 Å². The lowest BCUT2D eigenvalue weighted by atomic mass is 9.89. The van der Waals surface area contributed by atoms with Gasteiger partial charge in [-0.2, -0.15) is 0 Å². The van der Waals surface area contributed by atoms with Gasteiger partial charge in [0.2, 0.25) is 5.95 Å². The minimum absolute atomic E-state index is 0.106. The number of rotatable bonds is 3. The highest BCUT2D eigenvalue weighted by molar-refractivity contribution is 5.92. The molecule has 4 heterocycles. The van der Waals surface area contributed by atoms with Crippen molar-refractivity contribution in [3.63, 3.8) is 0 Å². The van der Waals surface area contributed by atoms with E-state index >= 15 is 0 Å². The molecule has 8 heteroatoms. The topological polar surface area (TPSA) is 93.4 Å². The Bertz CT molecular complexity index is 693. The molecule has 2 saturated heterocycles. The second kappa shape index (κ2) is 6.20. The monoisotopic (exact) mass is 329 g/mol. The predicted molar refractivity (Wildman–Crippen MR) is 84.4 cm³/mol. The first kappa shape index (κ1) is 15.1. The van der Waals surface area contributed by atoms with Gasteiger partial charge in [0.25, 0.3) is 5.91 Å². The maximum atomic E-state index is 12.4. The zero-order chi connectivity index (χ0) is 16.4. The van der Waals surface area contributed by atoms with Crippen LogP contribution in [-0.4, -0.2) is 57.1 Å². The minimum atomic E-state index is -0.301. The summed E-state index contributed by atoms with van der Waals surface area (Å²) in [6.07, 6.45) is 8.65. The van der Waals surface area contributed by atoms with Gasteiger partial charge in [-0.1, -0.05) is 0 Å². The third-order valence-electron chi connectivity index (χ3n) is 4.65. The van der Waals surface area contributed by atoms with E-state index in [2.05, 4.69) is 20.3 Å². The van der Waals surface area contributed by atoms with Gasteiger partial charge in [-0.3, -0.25) is 4.79 Å². The Morgan fingerprint density at radius 2 is 2.21 bits per heavy atom. The molecule has 4 rings (SSSR count). The number of ether oxygens (including phenoxy) is 1. The summed E-state index contributed by atoms with van der Waals surface area (Å²) in [6.45, 7) is 1.91. The van der Waals surface area contributed by atoms with Gasteiger partial charge in [0.15, 0.2) is 12.1 Å². The molecule has 0 aromatic carbocycles. The normalized spacial score (nSPS) is 26.7. The molecule has 2 aromatic heterocycles. The van der Waals surface area contributed by atoms with Gasteiger partial charge in [0, 0.05) is 31.6 Å². The van der Waals surface area contributed by atoms with Gasteiger partial charge in [-0.15, -0.1) is 0 Å². The van der Waals surface area contributed by atoms with Crippen LogP contribution >= 0.6 is 0 Å². The van der Waals surface area contributed by atoms with Crippen molar-refractivity contribution in [1.82, 2.24) is 19.9 Å². The second-order valence-corrected chi connectivity index (χ2v) is 6.29. The lowest BCUT2D eigenvalue weighted by Crippen LogP contribution is -2.47. The third kappa shape index (κ3) is 2.96. The minimum Gasteiger partial charge on any atom is -0.451 e. The maximum Gasteiger partial charge on any atom is 0.275 e. The highest BCUT2D eigenvalue weighted by Gasteiger charge is 2.45. The predicted octanol–water partition coefficient (Wildman–Crippen LogP) is 1.34. The molecule has 0 bridgehead atoms. The Labute approximate surface area is 139 Å². The molecule has 0 radical (unpaired) electrons. The highest BCUT2D eigenvalue weighted by atomic mass is 16.5. The first-order valence-corrected chi connectivity index (χ1v) is 8.09. The van der Waals surface area contributed by atoms with E-state index in [1.165, 1.54) is 12.7 Å². The number of likely N-dealkylation sites (tertiary alicyclic amines) is 1. The van der Waals surface area contributed by atoms with E-state index in [-0.39, 0.29) is 17.6 Å². The average molecular weight is 329 g/mol. The summed E-state index contributed by atoms with van der Waals surface area (Å²) < 4.78 is 11.0. The molecule has 2 fully saturated rings. The summed E-state index contributed by atoms with van der Waals surface area (Å²) in [7, 11) is 0. The number of carbonyl (C=O) groups excluding carboxylic acids is 1. The van der Waals surface area contributed by atoms with Crippen LogP contribution in [0.4, 0.5) is 5.95 Å². The van der Waals surface area contributed by atoms with Crippen LogP contribution in [0, 0.1) is 0 Å². The van der Waals surface area contributed by atoms with E-state index in [4.69, 9.17) is 9.15 Å². The van der Waals surface area contributed by atoms with Gasteiger partial charge < -0.3 is 19.4 Å². The molecule has 2 aromatic rings. The van der Waals surface area contributed by atoms with Crippen LogP contribution in [0.15, 0.2) is 35.5 Å². The molecule has 126 valence electrons. The van der Waals surface area contributed by atoms with Crippen molar-refractivity contribution in [2.45, 2.75) is 30.9 Å². The molecule has 24 heavy (non-hydrogen) atoms. The van der Waals surface area contributed by atoms with E-state index in [0.29, 0.717) is 31.3 Å². The molecule has 1 amide bonds. The van der Waals surface area contributed by atoms with Crippen molar-refractivity contribution in [3.8, 4) is 0 Å². The number of nitrogens with one attached hydrogen (secondary N) is 1. The number of amides is 1. The van der Waals surface area contributed by atoms with Crippen molar-refractivity contribution in [2.24, 2.45) is 0 Å². The van der Waals surface area contributed by atoms with Crippen molar-refractivity contribution in [2.75, 3.05) is 25.0 Å². The molecule has 2 aliphatic rings. The van der Waals surface area contributed by atoms with Crippen LogP contribution in [-0.2, 0) is 4.74 Å². The second-order valence-electron chi connectivity index (χ2n) is 6.29. The number of hydrogen-bond acceptors (Lipinski definition) is 7. The van der Waals surface area contributed by atoms with Crippen molar-refractivity contribution >= 4 is 11.9 Å². The smallest absolute Gasteiger partial charge is 0.275 e. The highest BCUT2D eigenvalue weighted by Crippen LogP contribution is 2.35. The summed E-state index contributed by atoms with van der Waals surface area (Å²) in [5.74, 6) is 0.527. The fraction of sp³-hybridized carbons (Fsp3) is 0.500. The van der Waals surface area contributed by atoms with Crippen molar-refractivity contribution in [1.29, 1.82) is 0 Å². The van der Waals surface area contributed by atoms with E-state index in [1.54, 1.807) is 23.4 Å². The number of anilines is 1. The Kier molecular flexibility index (Phi) is 3.89. The number of oxazole rings is 1. The lowest BCUT2D eigenvalue weighted by molar-refractivity contribution is -0.0721. The van der Waals surface area contributed by atoms with Crippen LogP contribution in [0.3, 0.4) is 0 Å².